The molecule has 0 unspecified atom stereocenters. The number of carbonyl (C=O) groups is 2. The number of para-hydroxylation sites is 1. The molecule has 2 heterocycles. The molecule has 1 aliphatic rings. The van der Waals surface area contributed by atoms with Gasteiger partial charge in [-0.15, -0.1) is 11.8 Å². The number of rotatable bonds is 11. The molecule has 1 aliphatic heterocycles. The lowest BCUT2D eigenvalue weighted by Crippen LogP contribution is -2.20. The molecular formula is C30H38N2O4S. The molecule has 0 amide bonds. The van der Waals surface area contributed by atoms with E-state index in [9.17, 15) is 9.59 Å². The lowest BCUT2D eigenvalue weighted by Gasteiger charge is -2.16. The molecule has 4 rings (SSSR count). The number of carboxylic acids is 2. The molecular weight excluding hydrogens is 484 g/mol. The van der Waals surface area contributed by atoms with E-state index >= 15 is 0 Å². The molecule has 0 fully saturated rings. The van der Waals surface area contributed by atoms with Crippen molar-refractivity contribution in [2.45, 2.75) is 56.9 Å². The minimum atomic E-state index is -1.26. The summed E-state index contributed by atoms with van der Waals surface area (Å²) in [5, 5.41) is 17.1. The Morgan fingerprint density at radius 1 is 0.946 bits per heavy atom. The quantitative estimate of drug-likeness (QED) is 0.219. The maximum atomic E-state index is 9.55. The number of benzene rings is 2. The third-order valence-electron chi connectivity index (χ3n) is 6.51. The molecule has 37 heavy (non-hydrogen) atoms. The Balaban J connectivity index is 0.000000414. The highest BCUT2D eigenvalue weighted by Crippen LogP contribution is 2.42. The van der Waals surface area contributed by atoms with Gasteiger partial charge in [-0.2, -0.15) is 0 Å². The standard InChI is InChI=1S/C26H34N2S.C4H4O4/c1-3-4-17-27(2)18-10-5-11-19-28-24-14-8-6-12-21(24)22-16-20-29-25-15-9-7-13-23(25)26(22)28;5-3(6)1-2-4(7)8/h6-9,12-15H,3-5,10-11,16-20H2,1-2H3;1-2H,(H,5,6)(H,7,8)/b;2-1+. The first-order valence-electron chi connectivity index (χ1n) is 13.1. The van der Waals surface area contributed by atoms with E-state index in [1.54, 1.807) is 5.56 Å². The average Bonchev–Trinajstić information content (AvgIpc) is 3.06. The van der Waals surface area contributed by atoms with Crippen molar-refractivity contribution >= 4 is 34.6 Å². The van der Waals surface area contributed by atoms with Crippen LogP contribution in [-0.4, -0.2) is 57.5 Å². The van der Waals surface area contributed by atoms with E-state index in [0.29, 0.717) is 12.2 Å². The van der Waals surface area contributed by atoms with E-state index in [-0.39, 0.29) is 0 Å². The average molecular weight is 523 g/mol. The van der Waals surface area contributed by atoms with Crippen molar-refractivity contribution in [1.82, 2.24) is 9.47 Å². The van der Waals surface area contributed by atoms with E-state index in [1.807, 2.05) is 11.8 Å². The van der Waals surface area contributed by atoms with Crippen LogP contribution in [0.25, 0.3) is 22.2 Å². The van der Waals surface area contributed by atoms with Crippen molar-refractivity contribution in [3.8, 4) is 11.3 Å². The number of aromatic nitrogens is 1. The first-order valence-corrected chi connectivity index (χ1v) is 14.1. The van der Waals surface area contributed by atoms with Crippen LogP contribution in [0.2, 0.25) is 0 Å². The summed E-state index contributed by atoms with van der Waals surface area (Å²) in [5.41, 5.74) is 5.88. The van der Waals surface area contributed by atoms with Gasteiger partial charge in [-0.25, -0.2) is 9.59 Å². The molecule has 0 saturated carbocycles. The second-order valence-electron chi connectivity index (χ2n) is 9.32. The van der Waals surface area contributed by atoms with E-state index < -0.39 is 11.9 Å². The maximum Gasteiger partial charge on any atom is 0.328 e. The largest absolute Gasteiger partial charge is 0.478 e. The van der Waals surface area contributed by atoms with E-state index in [2.05, 4.69) is 72.0 Å². The smallest absolute Gasteiger partial charge is 0.328 e. The Labute approximate surface area is 224 Å². The molecule has 0 bridgehead atoms. The number of nitrogens with zero attached hydrogens (tertiary/aromatic N) is 2. The van der Waals surface area contributed by atoms with Crippen LogP contribution in [0, 0.1) is 0 Å². The topological polar surface area (TPSA) is 82.8 Å². The van der Waals surface area contributed by atoms with Gasteiger partial charge in [0.2, 0.25) is 0 Å². The molecule has 0 radical (unpaired) electrons. The van der Waals surface area contributed by atoms with Crippen LogP contribution >= 0.6 is 11.8 Å². The third-order valence-corrected chi connectivity index (χ3v) is 7.59. The van der Waals surface area contributed by atoms with Crippen molar-refractivity contribution in [2.24, 2.45) is 0 Å². The molecule has 6 nitrogen and oxygen atoms in total. The van der Waals surface area contributed by atoms with E-state index in [1.165, 1.54) is 78.0 Å². The fourth-order valence-corrected chi connectivity index (χ4v) is 5.75. The zero-order valence-corrected chi connectivity index (χ0v) is 22.7. The zero-order chi connectivity index (χ0) is 26.6. The lowest BCUT2D eigenvalue weighted by molar-refractivity contribution is -0.134. The molecule has 7 heteroatoms. The Bertz CT molecular complexity index is 1200. The molecule has 3 aromatic rings. The number of unbranched alkanes of at least 4 members (excludes halogenated alkanes) is 3. The van der Waals surface area contributed by atoms with Gasteiger partial charge in [-0.3, -0.25) is 0 Å². The lowest BCUT2D eigenvalue weighted by atomic mass is 10.0. The fraction of sp³-hybridized carbons (Fsp3) is 0.400. The van der Waals surface area contributed by atoms with Gasteiger partial charge in [0, 0.05) is 45.8 Å². The number of aliphatic carboxylic acids is 2. The Morgan fingerprint density at radius 2 is 1.62 bits per heavy atom. The normalized spacial score (nSPS) is 12.6. The van der Waals surface area contributed by atoms with Gasteiger partial charge >= 0.3 is 11.9 Å². The predicted molar refractivity (Wildman–Crippen MR) is 152 cm³/mol. The SMILES string of the molecule is CCCCN(C)CCCCCn1c2c(c3ccccc31)CCSc1ccccc1-2.O=C(O)/C=C/C(=O)O. The van der Waals surface area contributed by atoms with Gasteiger partial charge in [0.05, 0.1) is 5.69 Å². The molecule has 0 aliphatic carbocycles. The van der Waals surface area contributed by atoms with E-state index in [0.717, 1.165) is 13.0 Å². The number of thioether (sulfide) groups is 1. The number of fused-ring (bicyclic) bond motifs is 5. The second kappa shape index (κ2) is 14.6. The first-order chi connectivity index (χ1) is 17.9. The zero-order valence-electron chi connectivity index (χ0n) is 21.9. The van der Waals surface area contributed by atoms with E-state index in [4.69, 9.17) is 10.2 Å². The summed E-state index contributed by atoms with van der Waals surface area (Å²) in [4.78, 5) is 23.0. The van der Waals surface area contributed by atoms with Crippen molar-refractivity contribution in [3.63, 3.8) is 0 Å². The number of hydrogen-bond donors (Lipinski definition) is 2. The van der Waals surface area contributed by atoms with Gasteiger partial charge < -0.3 is 19.7 Å². The summed E-state index contributed by atoms with van der Waals surface area (Å²) in [6, 6.07) is 18.0. The molecule has 0 atom stereocenters. The van der Waals surface area contributed by atoms with Crippen molar-refractivity contribution in [3.05, 3.63) is 66.2 Å². The molecule has 0 saturated heterocycles. The number of aryl methyl sites for hydroxylation is 2. The van der Waals surface area contributed by atoms with Gasteiger partial charge in [0.15, 0.2) is 0 Å². The van der Waals surface area contributed by atoms with Crippen LogP contribution in [-0.2, 0) is 22.6 Å². The summed E-state index contributed by atoms with van der Waals surface area (Å²) >= 11 is 2.01. The van der Waals surface area contributed by atoms with Crippen LogP contribution < -0.4 is 0 Å². The Kier molecular flexibility index (Phi) is 11.3. The highest BCUT2D eigenvalue weighted by Gasteiger charge is 2.22. The minimum absolute atomic E-state index is 0.558. The van der Waals surface area contributed by atoms with Crippen LogP contribution in [0.4, 0.5) is 0 Å². The summed E-state index contributed by atoms with van der Waals surface area (Å²) in [6.07, 6.45) is 8.73. The predicted octanol–water partition coefficient (Wildman–Crippen LogP) is 6.57. The molecule has 0 spiro atoms. The Hall–Kier alpha value is -3.03. The highest BCUT2D eigenvalue weighted by atomic mass is 32.2. The van der Waals surface area contributed by atoms with Crippen LogP contribution in [0.1, 0.15) is 44.6 Å². The third kappa shape index (κ3) is 8.23. The second-order valence-corrected chi connectivity index (χ2v) is 10.5. The minimum Gasteiger partial charge on any atom is -0.478 e. The summed E-state index contributed by atoms with van der Waals surface area (Å²) in [5.74, 6) is -1.35. The van der Waals surface area contributed by atoms with Gasteiger partial charge in [0.1, 0.15) is 0 Å². The fourth-order valence-electron chi connectivity index (χ4n) is 4.73. The van der Waals surface area contributed by atoms with Crippen molar-refractivity contribution < 1.29 is 19.8 Å². The highest BCUT2D eigenvalue weighted by molar-refractivity contribution is 7.99. The summed E-state index contributed by atoms with van der Waals surface area (Å²) < 4.78 is 2.62. The van der Waals surface area contributed by atoms with Gasteiger partial charge in [-0.05, 0) is 63.5 Å². The summed E-state index contributed by atoms with van der Waals surface area (Å²) in [7, 11) is 2.27. The first kappa shape index (κ1) is 28.5. The maximum absolute atomic E-state index is 9.55. The van der Waals surface area contributed by atoms with Crippen molar-refractivity contribution in [1.29, 1.82) is 0 Å². The Morgan fingerprint density at radius 3 is 2.35 bits per heavy atom. The molecule has 1 aromatic heterocycles. The molecule has 2 aromatic carbocycles. The van der Waals surface area contributed by atoms with Gasteiger partial charge in [-0.1, -0.05) is 56.2 Å². The monoisotopic (exact) mass is 522 g/mol. The van der Waals surface area contributed by atoms with Crippen LogP contribution in [0.3, 0.4) is 0 Å². The van der Waals surface area contributed by atoms with Crippen LogP contribution in [0.15, 0.2) is 65.6 Å². The molecule has 198 valence electrons. The summed E-state index contributed by atoms with van der Waals surface area (Å²) in [6.45, 7) is 5.85. The van der Waals surface area contributed by atoms with Crippen LogP contribution in [0.5, 0.6) is 0 Å². The van der Waals surface area contributed by atoms with Crippen molar-refractivity contribution in [2.75, 3.05) is 25.9 Å². The number of carboxylic acid groups (broad SMARTS) is 2. The molecule has 2 N–H and O–H groups in total. The number of hydrogen-bond acceptors (Lipinski definition) is 4. The van der Waals surface area contributed by atoms with Gasteiger partial charge in [0.25, 0.3) is 0 Å².